The summed E-state index contributed by atoms with van der Waals surface area (Å²) in [7, 11) is 0. The van der Waals surface area contributed by atoms with E-state index in [0.717, 1.165) is 6.54 Å². The molecule has 1 aromatic rings. The van der Waals surface area contributed by atoms with Crippen molar-refractivity contribution in [1.82, 2.24) is 25.4 Å². The fourth-order valence-electron chi connectivity index (χ4n) is 1.43. The molecule has 6 nitrogen and oxygen atoms in total. The summed E-state index contributed by atoms with van der Waals surface area (Å²) in [6.07, 6.45) is 5.51. The van der Waals surface area contributed by atoms with E-state index in [0.29, 0.717) is 12.6 Å². The van der Waals surface area contributed by atoms with Crippen LogP contribution in [-0.4, -0.2) is 39.8 Å². The van der Waals surface area contributed by atoms with E-state index in [1.165, 1.54) is 19.2 Å². The van der Waals surface area contributed by atoms with Gasteiger partial charge in [0, 0.05) is 19.1 Å². The third-order valence-corrected chi connectivity index (χ3v) is 2.65. The summed E-state index contributed by atoms with van der Waals surface area (Å²) in [5.41, 5.74) is 0. The monoisotopic (exact) mass is 223 g/mol. The third kappa shape index (κ3) is 3.03. The lowest BCUT2D eigenvalue weighted by Crippen LogP contribution is -2.36. The highest BCUT2D eigenvalue weighted by Crippen LogP contribution is 2.17. The standard InChI is InChI=1S/C10H17N5O/c1-8(15-7-11-6-14-15)10(16)13-5-4-12-9-2-3-9/h6-9,12H,2-5H2,1H3,(H,13,16). The molecular formula is C10H17N5O. The molecule has 0 aliphatic heterocycles. The van der Waals surface area contributed by atoms with E-state index in [-0.39, 0.29) is 11.9 Å². The minimum atomic E-state index is -0.302. The first kappa shape index (κ1) is 11.1. The Kier molecular flexibility index (Phi) is 3.51. The summed E-state index contributed by atoms with van der Waals surface area (Å²) in [4.78, 5) is 15.5. The molecule has 88 valence electrons. The predicted octanol–water partition coefficient (Wildman–Crippen LogP) is -0.293. The Morgan fingerprint density at radius 2 is 2.38 bits per heavy atom. The average Bonchev–Trinajstić information content (AvgIpc) is 2.95. The predicted molar refractivity (Wildman–Crippen MR) is 58.8 cm³/mol. The van der Waals surface area contributed by atoms with Crippen molar-refractivity contribution < 1.29 is 4.79 Å². The second-order valence-corrected chi connectivity index (χ2v) is 4.07. The maximum atomic E-state index is 11.7. The van der Waals surface area contributed by atoms with Gasteiger partial charge in [-0.1, -0.05) is 0 Å². The number of rotatable bonds is 6. The van der Waals surface area contributed by atoms with Crippen molar-refractivity contribution in [3.05, 3.63) is 12.7 Å². The number of nitrogens with one attached hydrogen (secondary N) is 2. The first-order valence-corrected chi connectivity index (χ1v) is 5.62. The maximum absolute atomic E-state index is 11.7. The van der Waals surface area contributed by atoms with E-state index in [1.54, 1.807) is 17.9 Å². The van der Waals surface area contributed by atoms with Gasteiger partial charge in [-0.25, -0.2) is 9.67 Å². The van der Waals surface area contributed by atoms with Crippen LogP contribution in [0.4, 0.5) is 0 Å². The number of hydrogen-bond acceptors (Lipinski definition) is 4. The van der Waals surface area contributed by atoms with Crippen molar-refractivity contribution in [3.8, 4) is 0 Å². The number of aromatic nitrogens is 3. The molecular weight excluding hydrogens is 206 g/mol. The molecule has 1 heterocycles. The van der Waals surface area contributed by atoms with Gasteiger partial charge in [0.2, 0.25) is 5.91 Å². The molecule has 1 unspecified atom stereocenters. The van der Waals surface area contributed by atoms with Crippen LogP contribution in [0.5, 0.6) is 0 Å². The molecule has 0 aromatic carbocycles. The molecule has 2 N–H and O–H groups in total. The fourth-order valence-corrected chi connectivity index (χ4v) is 1.43. The molecule has 0 bridgehead atoms. The summed E-state index contributed by atoms with van der Waals surface area (Å²) >= 11 is 0. The molecule has 1 aliphatic carbocycles. The van der Waals surface area contributed by atoms with Crippen LogP contribution in [0, 0.1) is 0 Å². The highest BCUT2D eigenvalue weighted by atomic mass is 16.2. The number of carbonyl (C=O) groups excluding carboxylic acids is 1. The molecule has 1 aliphatic rings. The Bertz CT molecular complexity index is 333. The zero-order valence-corrected chi connectivity index (χ0v) is 9.39. The Hall–Kier alpha value is -1.43. The van der Waals surface area contributed by atoms with Crippen molar-refractivity contribution in [2.45, 2.75) is 31.8 Å². The summed E-state index contributed by atoms with van der Waals surface area (Å²) < 4.78 is 1.55. The zero-order valence-electron chi connectivity index (χ0n) is 9.39. The number of carbonyl (C=O) groups is 1. The molecule has 1 amide bonds. The van der Waals surface area contributed by atoms with Crippen LogP contribution in [0.25, 0.3) is 0 Å². The Balaban J connectivity index is 1.66. The molecule has 0 radical (unpaired) electrons. The van der Waals surface area contributed by atoms with Gasteiger partial charge in [0.15, 0.2) is 0 Å². The third-order valence-electron chi connectivity index (χ3n) is 2.65. The fraction of sp³-hybridized carbons (Fsp3) is 0.700. The van der Waals surface area contributed by atoms with E-state index in [1.807, 2.05) is 0 Å². The van der Waals surface area contributed by atoms with E-state index < -0.39 is 0 Å². The van der Waals surface area contributed by atoms with Crippen LogP contribution in [-0.2, 0) is 4.79 Å². The Morgan fingerprint density at radius 3 is 3.00 bits per heavy atom. The highest BCUT2D eigenvalue weighted by molar-refractivity contribution is 5.79. The minimum absolute atomic E-state index is 0.0249. The average molecular weight is 223 g/mol. The molecule has 0 saturated heterocycles. The first-order valence-electron chi connectivity index (χ1n) is 5.62. The number of hydrogen-bond donors (Lipinski definition) is 2. The molecule has 16 heavy (non-hydrogen) atoms. The minimum Gasteiger partial charge on any atom is -0.353 e. The van der Waals surface area contributed by atoms with Crippen molar-refractivity contribution in [3.63, 3.8) is 0 Å². The van der Waals surface area contributed by atoms with Gasteiger partial charge in [-0.05, 0) is 19.8 Å². The molecule has 1 atom stereocenters. The van der Waals surface area contributed by atoms with E-state index in [9.17, 15) is 4.79 Å². The second kappa shape index (κ2) is 5.07. The van der Waals surface area contributed by atoms with Gasteiger partial charge in [-0.15, -0.1) is 0 Å². The molecule has 2 rings (SSSR count). The van der Waals surface area contributed by atoms with Crippen molar-refractivity contribution >= 4 is 5.91 Å². The molecule has 1 aromatic heterocycles. The van der Waals surface area contributed by atoms with Crippen LogP contribution in [0.2, 0.25) is 0 Å². The first-order chi connectivity index (χ1) is 7.77. The number of nitrogens with zero attached hydrogens (tertiary/aromatic N) is 3. The van der Waals surface area contributed by atoms with E-state index in [2.05, 4.69) is 20.7 Å². The van der Waals surface area contributed by atoms with Gasteiger partial charge < -0.3 is 10.6 Å². The van der Waals surface area contributed by atoms with Gasteiger partial charge in [0.25, 0.3) is 0 Å². The van der Waals surface area contributed by atoms with Crippen molar-refractivity contribution in [1.29, 1.82) is 0 Å². The smallest absolute Gasteiger partial charge is 0.244 e. The van der Waals surface area contributed by atoms with Crippen LogP contribution in [0.15, 0.2) is 12.7 Å². The lowest BCUT2D eigenvalue weighted by atomic mass is 10.3. The quantitative estimate of drug-likeness (QED) is 0.650. The zero-order chi connectivity index (χ0) is 11.4. The van der Waals surface area contributed by atoms with E-state index in [4.69, 9.17) is 0 Å². The van der Waals surface area contributed by atoms with E-state index >= 15 is 0 Å². The van der Waals surface area contributed by atoms with Gasteiger partial charge >= 0.3 is 0 Å². The van der Waals surface area contributed by atoms with Crippen molar-refractivity contribution in [2.24, 2.45) is 0 Å². The van der Waals surface area contributed by atoms with Crippen LogP contribution < -0.4 is 10.6 Å². The largest absolute Gasteiger partial charge is 0.353 e. The summed E-state index contributed by atoms with van der Waals surface area (Å²) in [6, 6.07) is 0.382. The van der Waals surface area contributed by atoms with Crippen LogP contribution >= 0.6 is 0 Å². The Labute approximate surface area is 94.4 Å². The topological polar surface area (TPSA) is 71.8 Å². The second-order valence-electron chi connectivity index (χ2n) is 4.07. The lowest BCUT2D eigenvalue weighted by Gasteiger charge is -2.12. The number of amides is 1. The molecule has 1 saturated carbocycles. The molecule has 0 spiro atoms. The normalized spacial score (nSPS) is 17.1. The SMILES string of the molecule is CC(C(=O)NCCNC1CC1)n1cncn1. The summed E-state index contributed by atoms with van der Waals surface area (Å²) in [5.74, 6) is -0.0249. The van der Waals surface area contributed by atoms with Crippen LogP contribution in [0.3, 0.4) is 0 Å². The Morgan fingerprint density at radius 1 is 1.56 bits per heavy atom. The summed E-state index contributed by atoms with van der Waals surface area (Å²) in [6.45, 7) is 3.30. The lowest BCUT2D eigenvalue weighted by molar-refractivity contribution is -0.124. The maximum Gasteiger partial charge on any atom is 0.244 e. The van der Waals surface area contributed by atoms with Gasteiger partial charge in [-0.3, -0.25) is 4.79 Å². The van der Waals surface area contributed by atoms with Crippen LogP contribution in [0.1, 0.15) is 25.8 Å². The summed E-state index contributed by atoms with van der Waals surface area (Å²) in [5, 5.41) is 10.1. The highest BCUT2D eigenvalue weighted by Gasteiger charge is 2.20. The molecule has 6 heteroatoms. The van der Waals surface area contributed by atoms with Crippen molar-refractivity contribution in [2.75, 3.05) is 13.1 Å². The van der Waals surface area contributed by atoms with Gasteiger partial charge in [0.05, 0.1) is 0 Å². The van der Waals surface area contributed by atoms with Gasteiger partial charge in [0.1, 0.15) is 18.7 Å². The van der Waals surface area contributed by atoms with Gasteiger partial charge in [-0.2, -0.15) is 5.10 Å². The molecule has 1 fully saturated rings.